The third-order valence-corrected chi connectivity index (χ3v) is 5.16. The molecule has 3 aromatic rings. The van der Waals surface area contributed by atoms with Gasteiger partial charge in [-0.25, -0.2) is 0 Å². The van der Waals surface area contributed by atoms with Gasteiger partial charge in [0.1, 0.15) is 5.76 Å². The number of carbonyl (C=O) groups is 1. The fourth-order valence-electron chi connectivity index (χ4n) is 3.73. The average molecular weight is 372 g/mol. The summed E-state index contributed by atoms with van der Waals surface area (Å²) in [5, 5.41) is 0. The highest BCUT2D eigenvalue weighted by molar-refractivity contribution is 5.91. The van der Waals surface area contributed by atoms with E-state index < -0.39 is 0 Å². The second kappa shape index (κ2) is 8.72. The maximum absolute atomic E-state index is 12.5. The van der Waals surface area contributed by atoms with Crippen molar-refractivity contribution in [2.75, 3.05) is 26.2 Å². The fourth-order valence-corrected chi connectivity index (χ4v) is 3.73. The van der Waals surface area contributed by atoms with Crippen LogP contribution in [-0.4, -0.2) is 41.9 Å². The van der Waals surface area contributed by atoms with Crippen molar-refractivity contribution in [2.45, 2.75) is 6.04 Å². The van der Waals surface area contributed by atoms with Gasteiger partial charge >= 0.3 is 0 Å². The molecule has 0 unspecified atom stereocenters. The molecule has 1 aliphatic heterocycles. The third-order valence-electron chi connectivity index (χ3n) is 5.16. The largest absolute Gasteiger partial charge is 0.465 e. The lowest BCUT2D eigenvalue weighted by atomic mass is 9.96. The second-order valence-corrected chi connectivity index (χ2v) is 6.93. The topological polar surface area (TPSA) is 36.7 Å². The Morgan fingerprint density at radius 1 is 0.821 bits per heavy atom. The zero-order chi connectivity index (χ0) is 19.2. The van der Waals surface area contributed by atoms with E-state index in [1.54, 1.807) is 18.4 Å². The van der Waals surface area contributed by atoms with Crippen LogP contribution in [0.15, 0.2) is 89.6 Å². The van der Waals surface area contributed by atoms with Gasteiger partial charge in [-0.15, -0.1) is 0 Å². The van der Waals surface area contributed by atoms with Crippen LogP contribution in [-0.2, 0) is 4.79 Å². The lowest BCUT2D eigenvalue weighted by Crippen LogP contribution is -2.49. The van der Waals surface area contributed by atoms with Crippen LogP contribution in [0.1, 0.15) is 22.9 Å². The summed E-state index contributed by atoms with van der Waals surface area (Å²) in [4.78, 5) is 16.9. The second-order valence-electron chi connectivity index (χ2n) is 6.93. The van der Waals surface area contributed by atoms with Gasteiger partial charge in [0, 0.05) is 32.3 Å². The fraction of sp³-hybridized carbons (Fsp3) is 0.208. The van der Waals surface area contributed by atoms with E-state index in [0.29, 0.717) is 5.76 Å². The average Bonchev–Trinajstić information content (AvgIpc) is 3.28. The molecule has 0 spiro atoms. The van der Waals surface area contributed by atoms with Crippen LogP contribution >= 0.6 is 0 Å². The molecule has 0 radical (unpaired) electrons. The summed E-state index contributed by atoms with van der Waals surface area (Å²) in [5.41, 5.74) is 2.57. The molecular weight excluding hydrogens is 348 g/mol. The van der Waals surface area contributed by atoms with Gasteiger partial charge in [-0.3, -0.25) is 9.69 Å². The minimum Gasteiger partial charge on any atom is -0.465 e. The Balaban J connectivity index is 1.45. The number of nitrogens with zero attached hydrogens (tertiary/aromatic N) is 2. The summed E-state index contributed by atoms with van der Waals surface area (Å²) in [6.45, 7) is 3.12. The van der Waals surface area contributed by atoms with E-state index in [-0.39, 0.29) is 11.9 Å². The Labute approximate surface area is 165 Å². The molecule has 2 heterocycles. The van der Waals surface area contributed by atoms with Gasteiger partial charge in [-0.1, -0.05) is 60.7 Å². The normalized spacial score (nSPS) is 15.4. The van der Waals surface area contributed by atoms with Crippen molar-refractivity contribution in [2.24, 2.45) is 0 Å². The quantitative estimate of drug-likeness (QED) is 0.629. The number of hydrogen-bond donors (Lipinski definition) is 0. The predicted molar refractivity (Wildman–Crippen MR) is 111 cm³/mol. The van der Waals surface area contributed by atoms with E-state index >= 15 is 0 Å². The van der Waals surface area contributed by atoms with Crippen LogP contribution in [0.25, 0.3) is 6.08 Å². The Morgan fingerprint density at radius 2 is 1.43 bits per heavy atom. The van der Waals surface area contributed by atoms with E-state index in [1.807, 2.05) is 29.2 Å². The van der Waals surface area contributed by atoms with Crippen molar-refractivity contribution in [1.82, 2.24) is 9.80 Å². The van der Waals surface area contributed by atoms with Crippen LogP contribution in [0.4, 0.5) is 0 Å². The number of furan rings is 1. The van der Waals surface area contributed by atoms with E-state index in [9.17, 15) is 4.79 Å². The van der Waals surface area contributed by atoms with Crippen molar-refractivity contribution in [1.29, 1.82) is 0 Å². The molecule has 1 saturated heterocycles. The van der Waals surface area contributed by atoms with Gasteiger partial charge in [-0.2, -0.15) is 0 Å². The molecule has 0 N–H and O–H groups in total. The van der Waals surface area contributed by atoms with Gasteiger partial charge in [0.05, 0.1) is 12.3 Å². The highest BCUT2D eigenvalue weighted by Gasteiger charge is 2.27. The minimum atomic E-state index is 0.0343. The molecular formula is C24H24N2O2. The molecule has 0 saturated carbocycles. The predicted octanol–water partition coefficient (Wildman–Crippen LogP) is 4.23. The van der Waals surface area contributed by atoms with Crippen LogP contribution in [0, 0.1) is 0 Å². The monoisotopic (exact) mass is 372 g/mol. The summed E-state index contributed by atoms with van der Waals surface area (Å²) in [6, 6.07) is 25.0. The number of hydrogen-bond acceptors (Lipinski definition) is 3. The van der Waals surface area contributed by atoms with Gasteiger partial charge in [0.2, 0.25) is 5.91 Å². The van der Waals surface area contributed by atoms with E-state index in [0.717, 1.165) is 26.2 Å². The van der Waals surface area contributed by atoms with Crippen molar-refractivity contribution in [3.63, 3.8) is 0 Å². The van der Waals surface area contributed by atoms with Crippen molar-refractivity contribution in [3.05, 3.63) is 102 Å². The molecule has 1 aromatic heterocycles. The highest BCUT2D eigenvalue weighted by atomic mass is 16.3. The molecule has 1 amide bonds. The van der Waals surface area contributed by atoms with Crippen molar-refractivity contribution < 1.29 is 9.21 Å². The van der Waals surface area contributed by atoms with Gasteiger partial charge in [0.25, 0.3) is 0 Å². The first-order valence-electron chi connectivity index (χ1n) is 9.66. The third kappa shape index (κ3) is 4.24. The Morgan fingerprint density at radius 3 is 1.96 bits per heavy atom. The molecule has 142 valence electrons. The van der Waals surface area contributed by atoms with Crippen LogP contribution in [0.2, 0.25) is 0 Å². The molecule has 4 nitrogen and oxygen atoms in total. The SMILES string of the molecule is O=C(/C=C\c1ccco1)N1CCN(C(c2ccccc2)c2ccccc2)CC1. The number of rotatable bonds is 5. The smallest absolute Gasteiger partial charge is 0.246 e. The molecule has 4 rings (SSSR count). The Kier molecular flexibility index (Phi) is 5.69. The van der Waals surface area contributed by atoms with Crippen molar-refractivity contribution in [3.8, 4) is 0 Å². The Hall–Kier alpha value is -3.11. The van der Waals surface area contributed by atoms with Crippen molar-refractivity contribution >= 4 is 12.0 Å². The summed E-state index contributed by atoms with van der Waals surface area (Å²) in [5.74, 6) is 0.729. The summed E-state index contributed by atoms with van der Waals surface area (Å²) >= 11 is 0. The van der Waals surface area contributed by atoms with Crippen LogP contribution in [0.3, 0.4) is 0 Å². The highest BCUT2D eigenvalue weighted by Crippen LogP contribution is 2.29. The number of amides is 1. The van der Waals surface area contributed by atoms with E-state index in [2.05, 4.69) is 53.4 Å². The van der Waals surface area contributed by atoms with Crippen LogP contribution in [0.5, 0.6) is 0 Å². The van der Waals surface area contributed by atoms with Gasteiger partial charge < -0.3 is 9.32 Å². The molecule has 2 aromatic carbocycles. The minimum absolute atomic E-state index is 0.0343. The zero-order valence-electron chi connectivity index (χ0n) is 15.8. The molecule has 28 heavy (non-hydrogen) atoms. The molecule has 0 atom stereocenters. The first-order chi connectivity index (χ1) is 13.8. The first-order valence-corrected chi connectivity index (χ1v) is 9.66. The maximum atomic E-state index is 12.5. The summed E-state index contributed by atoms with van der Waals surface area (Å²) in [7, 11) is 0. The van der Waals surface area contributed by atoms with Gasteiger partial charge in [-0.05, 0) is 29.3 Å². The lowest BCUT2D eigenvalue weighted by Gasteiger charge is -2.39. The molecule has 4 heteroatoms. The lowest BCUT2D eigenvalue weighted by molar-refractivity contribution is -0.127. The number of carbonyl (C=O) groups excluding carboxylic acids is 1. The number of benzene rings is 2. The maximum Gasteiger partial charge on any atom is 0.246 e. The first kappa shape index (κ1) is 18.3. The van der Waals surface area contributed by atoms with E-state index in [4.69, 9.17) is 4.42 Å². The van der Waals surface area contributed by atoms with Gasteiger partial charge in [0.15, 0.2) is 0 Å². The molecule has 1 fully saturated rings. The molecule has 1 aliphatic rings. The van der Waals surface area contributed by atoms with E-state index in [1.165, 1.54) is 11.1 Å². The van der Waals surface area contributed by atoms with Crippen LogP contribution < -0.4 is 0 Å². The molecule has 0 aliphatic carbocycles. The standard InChI is InChI=1S/C24H24N2O2/c27-23(14-13-22-12-7-19-28-22)25-15-17-26(18-16-25)24(20-8-3-1-4-9-20)21-10-5-2-6-11-21/h1-14,19,24H,15-18H2/b14-13-. The zero-order valence-corrected chi connectivity index (χ0v) is 15.8. The number of piperazine rings is 1. The Bertz CT molecular complexity index is 857. The summed E-state index contributed by atoms with van der Waals surface area (Å²) < 4.78 is 5.25. The molecule has 0 bridgehead atoms. The summed E-state index contributed by atoms with van der Waals surface area (Å²) in [6.07, 6.45) is 4.93.